The van der Waals surface area contributed by atoms with Crippen LogP contribution in [0.3, 0.4) is 0 Å². The van der Waals surface area contributed by atoms with Crippen LogP contribution < -0.4 is 15.4 Å². The molecule has 0 atom stereocenters. The van der Waals surface area contributed by atoms with Crippen molar-refractivity contribution in [2.24, 2.45) is 0 Å². The molecule has 0 unspecified atom stereocenters. The Morgan fingerprint density at radius 2 is 1.64 bits per heavy atom. The molecule has 4 aromatic rings. The van der Waals surface area contributed by atoms with Gasteiger partial charge in [-0.1, -0.05) is 48.5 Å². The van der Waals surface area contributed by atoms with Gasteiger partial charge in [0.05, 0.1) is 4.92 Å². The second-order valence-electron chi connectivity index (χ2n) is 7.55. The van der Waals surface area contributed by atoms with Gasteiger partial charge in [0.2, 0.25) is 0 Å². The van der Waals surface area contributed by atoms with E-state index >= 15 is 0 Å². The van der Waals surface area contributed by atoms with Crippen molar-refractivity contribution in [2.75, 3.05) is 18.4 Å². The molecule has 168 valence electrons. The fourth-order valence-electron chi connectivity index (χ4n) is 3.61. The van der Waals surface area contributed by atoms with Gasteiger partial charge in [0.25, 0.3) is 5.69 Å². The third-order valence-corrected chi connectivity index (χ3v) is 5.35. The summed E-state index contributed by atoms with van der Waals surface area (Å²) in [5.74, 6) is 0.433. The first kappa shape index (κ1) is 22.2. The third-order valence-electron chi connectivity index (χ3n) is 5.35. The van der Waals surface area contributed by atoms with Crippen molar-refractivity contribution in [2.45, 2.75) is 13.2 Å². The van der Waals surface area contributed by atoms with Gasteiger partial charge in [0.1, 0.15) is 18.2 Å². The van der Waals surface area contributed by atoms with E-state index in [0.29, 0.717) is 30.9 Å². The molecule has 2 N–H and O–H groups in total. The molecule has 7 heteroatoms. The predicted octanol–water partition coefficient (Wildman–Crippen LogP) is 5.67. The van der Waals surface area contributed by atoms with Crippen LogP contribution in [0.2, 0.25) is 0 Å². The highest BCUT2D eigenvalue weighted by Crippen LogP contribution is 2.29. The summed E-state index contributed by atoms with van der Waals surface area (Å²) in [6.07, 6.45) is 0. The highest BCUT2D eigenvalue weighted by Gasteiger charge is 2.10. The number of nitro benzene ring substituents is 1. The van der Waals surface area contributed by atoms with Gasteiger partial charge < -0.3 is 15.4 Å². The van der Waals surface area contributed by atoms with Crippen molar-refractivity contribution in [3.05, 3.63) is 112 Å². The molecule has 0 radical (unpaired) electrons. The van der Waals surface area contributed by atoms with E-state index in [-0.39, 0.29) is 18.1 Å². The maximum absolute atomic E-state index is 14.0. The van der Waals surface area contributed by atoms with Crippen LogP contribution in [-0.2, 0) is 13.2 Å². The summed E-state index contributed by atoms with van der Waals surface area (Å²) < 4.78 is 20.0. The standard InChI is InChI=1S/C26H24FN3O3/c27-25-8-4-2-6-20(25)18-33-26-14-9-19-5-1-3-7-23(19)24(26)17-28-15-16-29-21-10-12-22(13-11-21)30(31)32/h1-14,28-29H,15-18H2. The average Bonchev–Trinajstić information content (AvgIpc) is 2.84. The number of nitrogens with one attached hydrogen (secondary N) is 2. The summed E-state index contributed by atoms with van der Waals surface area (Å²) in [7, 11) is 0. The molecule has 0 aliphatic carbocycles. The number of fused-ring (bicyclic) bond motifs is 1. The number of nitro groups is 1. The maximum atomic E-state index is 14.0. The first-order valence-electron chi connectivity index (χ1n) is 10.7. The van der Waals surface area contributed by atoms with Crippen LogP contribution in [0.25, 0.3) is 10.8 Å². The first-order valence-corrected chi connectivity index (χ1v) is 10.7. The third kappa shape index (κ3) is 5.64. The first-order chi connectivity index (χ1) is 16.1. The van der Waals surface area contributed by atoms with Gasteiger partial charge in [-0.05, 0) is 35.0 Å². The molecule has 33 heavy (non-hydrogen) atoms. The molecule has 0 amide bonds. The summed E-state index contributed by atoms with van der Waals surface area (Å²) in [4.78, 5) is 10.3. The fraction of sp³-hybridized carbons (Fsp3) is 0.154. The van der Waals surface area contributed by atoms with E-state index in [0.717, 1.165) is 22.0 Å². The van der Waals surface area contributed by atoms with E-state index in [1.165, 1.54) is 18.2 Å². The zero-order valence-electron chi connectivity index (χ0n) is 18.0. The molecule has 0 aliphatic heterocycles. The van der Waals surface area contributed by atoms with Crippen molar-refractivity contribution < 1.29 is 14.1 Å². The van der Waals surface area contributed by atoms with Crippen LogP contribution in [0, 0.1) is 15.9 Å². The number of benzene rings is 4. The molecule has 4 rings (SSSR count). The normalized spacial score (nSPS) is 10.8. The molecule has 0 aliphatic rings. The van der Waals surface area contributed by atoms with Crippen LogP contribution >= 0.6 is 0 Å². The Morgan fingerprint density at radius 3 is 2.42 bits per heavy atom. The zero-order valence-corrected chi connectivity index (χ0v) is 18.0. The monoisotopic (exact) mass is 445 g/mol. The molecule has 0 spiro atoms. The summed E-state index contributed by atoms with van der Waals surface area (Å²) in [6, 6.07) is 25.0. The van der Waals surface area contributed by atoms with E-state index in [1.54, 1.807) is 30.3 Å². The molecular weight excluding hydrogens is 421 g/mol. The minimum Gasteiger partial charge on any atom is -0.488 e. The van der Waals surface area contributed by atoms with Gasteiger partial charge in [0.15, 0.2) is 0 Å². The van der Waals surface area contributed by atoms with Gasteiger partial charge in [-0.15, -0.1) is 0 Å². The molecule has 0 aromatic heterocycles. The molecule has 0 saturated carbocycles. The SMILES string of the molecule is O=[N+]([O-])c1ccc(NCCNCc2c(OCc3ccccc3F)ccc3ccccc23)cc1. The van der Waals surface area contributed by atoms with Crippen LogP contribution in [-0.4, -0.2) is 18.0 Å². The van der Waals surface area contributed by atoms with E-state index in [2.05, 4.69) is 22.8 Å². The summed E-state index contributed by atoms with van der Waals surface area (Å²) in [5.41, 5.74) is 2.41. The average molecular weight is 445 g/mol. The quantitative estimate of drug-likeness (QED) is 0.187. The van der Waals surface area contributed by atoms with Crippen molar-refractivity contribution in [3.8, 4) is 5.75 Å². The minimum atomic E-state index is -0.415. The van der Waals surface area contributed by atoms with Crippen LogP contribution in [0.4, 0.5) is 15.8 Å². The number of nitrogens with zero attached hydrogens (tertiary/aromatic N) is 1. The van der Waals surface area contributed by atoms with Crippen LogP contribution in [0.5, 0.6) is 5.75 Å². The van der Waals surface area contributed by atoms with Gasteiger partial charge in [0, 0.05) is 48.6 Å². The van der Waals surface area contributed by atoms with E-state index < -0.39 is 4.92 Å². The Labute approximate surface area is 191 Å². The highest BCUT2D eigenvalue weighted by molar-refractivity contribution is 5.87. The zero-order chi connectivity index (χ0) is 23.0. The van der Waals surface area contributed by atoms with Crippen LogP contribution in [0.15, 0.2) is 84.9 Å². The highest BCUT2D eigenvalue weighted by atomic mass is 19.1. The molecule has 0 heterocycles. The largest absolute Gasteiger partial charge is 0.488 e. The lowest BCUT2D eigenvalue weighted by molar-refractivity contribution is -0.384. The Hall–Kier alpha value is -3.97. The molecule has 0 fully saturated rings. The number of non-ortho nitro benzene ring substituents is 1. The number of anilines is 1. The van der Waals surface area contributed by atoms with Gasteiger partial charge in [-0.25, -0.2) is 4.39 Å². The van der Waals surface area contributed by atoms with Crippen molar-refractivity contribution in [1.29, 1.82) is 0 Å². The van der Waals surface area contributed by atoms with E-state index in [1.807, 2.05) is 24.3 Å². The summed E-state index contributed by atoms with van der Waals surface area (Å²) in [6.45, 7) is 2.05. The number of hydrogen-bond acceptors (Lipinski definition) is 5. The molecule has 6 nitrogen and oxygen atoms in total. The molecule has 0 bridgehead atoms. The Kier molecular flexibility index (Phi) is 7.12. The Morgan fingerprint density at radius 1 is 0.879 bits per heavy atom. The molecule has 4 aromatic carbocycles. The number of ether oxygens (including phenoxy) is 1. The van der Waals surface area contributed by atoms with E-state index in [9.17, 15) is 14.5 Å². The summed E-state index contributed by atoms with van der Waals surface area (Å²) >= 11 is 0. The van der Waals surface area contributed by atoms with Crippen molar-refractivity contribution in [1.82, 2.24) is 5.32 Å². The maximum Gasteiger partial charge on any atom is 0.269 e. The second-order valence-corrected chi connectivity index (χ2v) is 7.55. The number of halogens is 1. The predicted molar refractivity (Wildman–Crippen MR) is 128 cm³/mol. The summed E-state index contributed by atoms with van der Waals surface area (Å²) in [5, 5.41) is 19.6. The minimum absolute atomic E-state index is 0.0672. The molecular formula is C26H24FN3O3. The number of hydrogen-bond donors (Lipinski definition) is 2. The fourth-order valence-corrected chi connectivity index (χ4v) is 3.61. The van der Waals surface area contributed by atoms with E-state index in [4.69, 9.17) is 4.74 Å². The lowest BCUT2D eigenvalue weighted by Gasteiger charge is -2.16. The van der Waals surface area contributed by atoms with Crippen molar-refractivity contribution in [3.63, 3.8) is 0 Å². The van der Waals surface area contributed by atoms with Gasteiger partial charge in [-0.2, -0.15) is 0 Å². The van der Waals surface area contributed by atoms with Crippen molar-refractivity contribution >= 4 is 22.1 Å². The topological polar surface area (TPSA) is 76.4 Å². The van der Waals surface area contributed by atoms with Gasteiger partial charge >= 0.3 is 0 Å². The van der Waals surface area contributed by atoms with Gasteiger partial charge in [-0.3, -0.25) is 10.1 Å². The lowest BCUT2D eigenvalue weighted by Crippen LogP contribution is -2.22. The Bertz CT molecular complexity index is 1250. The number of rotatable bonds is 10. The second kappa shape index (κ2) is 10.6. The molecule has 0 saturated heterocycles. The Balaban J connectivity index is 1.39. The lowest BCUT2D eigenvalue weighted by atomic mass is 10.0. The van der Waals surface area contributed by atoms with Crippen LogP contribution in [0.1, 0.15) is 11.1 Å². The smallest absolute Gasteiger partial charge is 0.269 e.